The Hall–Kier alpha value is -1.69. The molecule has 0 spiro atoms. The molecule has 0 amide bonds. The molecule has 0 aromatic heterocycles. The monoisotopic (exact) mass is 189 g/mol. The summed E-state index contributed by atoms with van der Waals surface area (Å²) in [7, 11) is 0. The Kier molecular flexibility index (Phi) is 2.05. The van der Waals surface area contributed by atoms with Crippen LogP contribution in [-0.4, -0.2) is 5.78 Å². The maximum Gasteiger partial charge on any atom is 0.163 e. The lowest BCUT2D eigenvalue weighted by Crippen LogP contribution is -2.11. The highest BCUT2D eigenvalue weighted by Gasteiger charge is 2.19. The molecule has 0 fully saturated rings. The molecule has 1 aromatic rings. The number of ketones is 1. The molecule has 0 radical (unpaired) electrons. The molecule has 2 rings (SSSR count). The summed E-state index contributed by atoms with van der Waals surface area (Å²) in [5, 5.41) is 8.61. The first kappa shape index (κ1) is 8.89. The minimum Gasteiger partial charge on any atom is -0.294 e. The number of fused-ring (bicyclic) bond motifs is 1. The van der Waals surface area contributed by atoms with Crippen LogP contribution in [0.15, 0.2) is 12.1 Å². The third-order valence-electron chi connectivity index (χ3n) is 2.46. The molecule has 0 saturated carbocycles. The van der Waals surface area contributed by atoms with Gasteiger partial charge in [-0.15, -0.1) is 0 Å². The van der Waals surface area contributed by atoms with Crippen LogP contribution < -0.4 is 0 Å². The van der Waals surface area contributed by atoms with E-state index in [1.807, 2.05) is 0 Å². The Morgan fingerprint density at radius 2 is 2.14 bits per heavy atom. The SMILES string of the molecule is N#Cc1cc2c(cc1F)C(=O)CCC2. The van der Waals surface area contributed by atoms with Crippen LogP contribution in [0.2, 0.25) is 0 Å². The van der Waals surface area contributed by atoms with Crippen molar-refractivity contribution in [2.24, 2.45) is 0 Å². The van der Waals surface area contributed by atoms with Crippen molar-refractivity contribution < 1.29 is 9.18 Å². The smallest absolute Gasteiger partial charge is 0.163 e. The van der Waals surface area contributed by atoms with E-state index in [1.54, 1.807) is 6.07 Å². The van der Waals surface area contributed by atoms with Crippen LogP contribution in [0.25, 0.3) is 0 Å². The minimum absolute atomic E-state index is 0.0189. The summed E-state index contributed by atoms with van der Waals surface area (Å²) in [5.74, 6) is -0.615. The zero-order valence-electron chi connectivity index (χ0n) is 7.51. The van der Waals surface area contributed by atoms with Crippen molar-refractivity contribution in [2.75, 3.05) is 0 Å². The largest absolute Gasteiger partial charge is 0.294 e. The standard InChI is InChI=1S/C11H8FNO/c12-10-5-9-7(4-8(10)6-13)2-1-3-11(9)14/h4-5H,1-3H2. The first-order valence-electron chi connectivity index (χ1n) is 4.48. The van der Waals surface area contributed by atoms with E-state index in [4.69, 9.17) is 5.26 Å². The highest BCUT2D eigenvalue weighted by Crippen LogP contribution is 2.23. The number of Topliss-reactive ketones (excluding diaryl/α,β-unsaturated/α-hetero) is 1. The van der Waals surface area contributed by atoms with E-state index in [0.29, 0.717) is 12.0 Å². The van der Waals surface area contributed by atoms with Crippen LogP contribution in [0, 0.1) is 17.1 Å². The van der Waals surface area contributed by atoms with Crippen LogP contribution in [0.5, 0.6) is 0 Å². The molecule has 1 aliphatic rings. The van der Waals surface area contributed by atoms with Gasteiger partial charge in [-0.05, 0) is 30.5 Å². The third kappa shape index (κ3) is 1.29. The van der Waals surface area contributed by atoms with Crippen molar-refractivity contribution in [2.45, 2.75) is 19.3 Å². The Bertz CT molecular complexity index is 445. The van der Waals surface area contributed by atoms with E-state index < -0.39 is 5.82 Å². The summed E-state index contributed by atoms with van der Waals surface area (Å²) in [6, 6.07) is 4.45. The lowest BCUT2D eigenvalue weighted by atomic mass is 9.89. The van der Waals surface area contributed by atoms with Gasteiger partial charge in [0.2, 0.25) is 0 Å². The lowest BCUT2D eigenvalue weighted by molar-refractivity contribution is 0.0972. The number of rotatable bonds is 0. The molecule has 0 atom stereocenters. The van der Waals surface area contributed by atoms with Crippen molar-refractivity contribution in [3.8, 4) is 6.07 Å². The molecule has 1 aliphatic carbocycles. The highest BCUT2D eigenvalue weighted by atomic mass is 19.1. The second kappa shape index (κ2) is 3.22. The average molecular weight is 189 g/mol. The Labute approximate surface area is 81.0 Å². The van der Waals surface area contributed by atoms with Gasteiger partial charge in [0.05, 0.1) is 5.56 Å². The van der Waals surface area contributed by atoms with Gasteiger partial charge in [-0.3, -0.25) is 4.79 Å². The Balaban J connectivity index is 2.61. The summed E-state index contributed by atoms with van der Waals surface area (Å²) in [5.41, 5.74) is 1.28. The van der Waals surface area contributed by atoms with Crippen molar-refractivity contribution in [1.82, 2.24) is 0 Å². The van der Waals surface area contributed by atoms with Crippen LogP contribution in [-0.2, 0) is 6.42 Å². The van der Waals surface area contributed by atoms with Gasteiger partial charge in [-0.1, -0.05) is 0 Å². The molecule has 0 aliphatic heterocycles. The third-order valence-corrected chi connectivity index (χ3v) is 2.46. The molecule has 0 saturated heterocycles. The van der Waals surface area contributed by atoms with Gasteiger partial charge in [-0.25, -0.2) is 4.39 Å². The molecular weight excluding hydrogens is 181 g/mol. The van der Waals surface area contributed by atoms with Gasteiger partial charge in [0.1, 0.15) is 11.9 Å². The van der Waals surface area contributed by atoms with Gasteiger partial charge < -0.3 is 0 Å². The molecule has 70 valence electrons. The van der Waals surface area contributed by atoms with Crippen LogP contribution in [0.3, 0.4) is 0 Å². The van der Waals surface area contributed by atoms with Crippen molar-refractivity contribution in [3.05, 3.63) is 34.6 Å². The molecule has 0 heterocycles. The summed E-state index contributed by atoms with van der Waals surface area (Å²) in [6.45, 7) is 0. The van der Waals surface area contributed by atoms with E-state index in [1.165, 1.54) is 12.1 Å². The number of halogens is 1. The van der Waals surface area contributed by atoms with Crippen LogP contribution >= 0.6 is 0 Å². The first-order chi connectivity index (χ1) is 6.72. The number of hydrogen-bond acceptors (Lipinski definition) is 2. The fourth-order valence-corrected chi connectivity index (χ4v) is 1.74. The number of carbonyl (C=O) groups is 1. The highest BCUT2D eigenvalue weighted by molar-refractivity contribution is 5.98. The fourth-order valence-electron chi connectivity index (χ4n) is 1.74. The molecule has 1 aromatic carbocycles. The molecule has 0 N–H and O–H groups in total. The van der Waals surface area contributed by atoms with Crippen molar-refractivity contribution >= 4 is 5.78 Å². The molecule has 14 heavy (non-hydrogen) atoms. The fraction of sp³-hybridized carbons (Fsp3) is 0.273. The van der Waals surface area contributed by atoms with Gasteiger partial charge in [-0.2, -0.15) is 5.26 Å². The second-order valence-electron chi connectivity index (χ2n) is 3.38. The van der Waals surface area contributed by atoms with E-state index in [9.17, 15) is 9.18 Å². The normalized spacial score (nSPS) is 14.7. The van der Waals surface area contributed by atoms with Gasteiger partial charge >= 0.3 is 0 Å². The molecule has 0 bridgehead atoms. The van der Waals surface area contributed by atoms with E-state index in [0.717, 1.165) is 18.4 Å². The average Bonchev–Trinajstić information content (AvgIpc) is 2.19. The van der Waals surface area contributed by atoms with E-state index >= 15 is 0 Å². The van der Waals surface area contributed by atoms with Gasteiger partial charge in [0.25, 0.3) is 0 Å². The summed E-state index contributed by atoms with van der Waals surface area (Å²) < 4.78 is 13.2. The van der Waals surface area contributed by atoms with Gasteiger partial charge in [0, 0.05) is 12.0 Å². The first-order valence-corrected chi connectivity index (χ1v) is 4.48. The predicted molar refractivity (Wildman–Crippen MR) is 48.4 cm³/mol. The second-order valence-corrected chi connectivity index (χ2v) is 3.38. The molecule has 3 heteroatoms. The molecule has 2 nitrogen and oxygen atoms in total. The van der Waals surface area contributed by atoms with Crippen LogP contribution in [0.1, 0.15) is 34.3 Å². The number of carbonyl (C=O) groups excluding carboxylic acids is 1. The number of nitriles is 1. The summed E-state index contributed by atoms with van der Waals surface area (Å²) in [4.78, 5) is 11.4. The zero-order valence-corrected chi connectivity index (χ0v) is 7.51. The zero-order chi connectivity index (χ0) is 10.1. The van der Waals surface area contributed by atoms with Crippen molar-refractivity contribution in [1.29, 1.82) is 5.26 Å². The van der Waals surface area contributed by atoms with E-state index in [-0.39, 0.29) is 11.3 Å². The van der Waals surface area contributed by atoms with Crippen LogP contribution in [0.4, 0.5) is 4.39 Å². The predicted octanol–water partition coefficient (Wildman–Crippen LogP) is 2.22. The number of benzene rings is 1. The number of nitrogens with zero attached hydrogens (tertiary/aromatic N) is 1. The minimum atomic E-state index is -0.596. The maximum absolute atomic E-state index is 13.2. The molecule has 0 unspecified atom stereocenters. The Morgan fingerprint density at radius 1 is 1.36 bits per heavy atom. The number of hydrogen-bond donors (Lipinski definition) is 0. The summed E-state index contributed by atoms with van der Waals surface area (Å²) >= 11 is 0. The summed E-state index contributed by atoms with van der Waals surface area (Å²) in [6.07, 6.45) is 2.04. The topological polar surface area (TPSA) is 40.9 Å². The maximum atomic E-state index is 13.2. The lowest BCUT2D eigenvalue weighted by Gasteiger charge is -2.14. The van der Waals surface area contributed by atoms with Crippen molar-refractivity contribution in [3.63, 3.8) is 0 Å². The quantitative estimate of drug-likeness (QED) is 0.627. The Morgan fingerprint density at radius 3 is 2.86 bits per heavy atom. The molecular formula is C11H8FNO. The van der Waals surface area contributed by atoms with E-state index in [2.05, 4.69) is 0 Å². The van der Waals surface area contributed by atoms with Gasteiger partial charge in [0.15, 0.2) is 5.78 Å². The number of aryl methyl sites for hydroxylation is 1.